The van der Waals surface area contributed by atoms with Crippen LogP contribution < -0.4 is 0 Å². The van der Waals surface area contributed by atoms with Crippen molar-refractivity contribution in [3.05, 3.63) is 30.1 Å². The van der Waals surface area contributed by atoms with Gasteiger partial charge in [0.05, 0.1) is 10.6 Å². The average Bonchev–Trinajstić information content (AvgIpc) is 2.25. The van der Waals surface area contributed by atoms with E-state index in [1.807, 2.05) is 0 Å². The Balaban J connectivity index is 2.60. The maximum absolute atomic E-state index is 12.6. The van der Waals surface area contributed by atoms with E-state index in [9.17, 15) is 12.8 Å². The summed E-state index contributed by atoms with van der Waals surface area (Å²) in [6.07, 6.45) is 1.25. The Morgan fingerprint density at radius 3 is 2.38 bits per heavy atom. The molecule has 0 atom stereocenters. The van der Waals surface area contributed by atoms with Gasteiger partial charge in [-0.05, 0) is 37.1 Å². The second kappa shape index (κ2) is 5.96. The highest BCUT2D eigenvalue weighted by atomic mass is 32.2. The number of sulfone groups is 1. The number of ether oxygens (including phenoxy) is 1. The molecule has 3 nitrogen and oxygen atoms in total. The van der Waals surface area contributed by atoms with Gasteiger partial charge in [-0.1, -0.05) is 0 Å². The zero-order chi connectivity index (χ0) is 12.0. The normalized spacial score (nSPS) is 11.6. The summed E-state index contributed by atoms with van der Waals surface area (Å²) in [7, 11) is -1.70. The van der Waals surface area contributed by atoms with Gasteiger partial charge in [0.15, 0.2) is 9.84 Å². The number of hydrogen-bond acceptors (Lipinski definition) is 3. The minimum absolute atomic E-state index is 0.0714. The van der Waals surface area contributed by atoms with E-state index in [0.29, 0.717) is 19.4 Å². The third-order valence-electron chi connectivity index (χ3n) is 2.18. The van der Waals surface area contributed by atoms with Crippen LogP contribution in [0.1, 0.15) is 12.8 Å². The Hall–Kier alpha value is -0.940. The molecule has 0 saturated carbocycles. The average molecular weight is 246 g/mol. The molecule has 1 aromatic rings. The minimum Gasteiger partial charge on any atom is -0.385 e. The molecule has 0 heterocycles. The Labute approximate surface area is 95.2 Å². The molecule has 0 N–H and O–H groups in total. The molecular weight excluding hydrogens is 231 g/mol. The topological polar surface area (TPSA) is 43.4 Å². The van der Waals surface area contributed by atoms with E-state index in [4.69, 9.17) is 4.74 Å². The van der Waals surface area contributed by atoms with Crippen LogP contribution in [0.2, 0.25) is 0 Å². The van der Waals surface area contributed by atoms with Crippen molar-refractivity contribution in [1.82, 2.24) is 0 Å². The molecule has 0 fully saturated rings. The quantitative estimate of drug-likeness (QED) is 0.570. The second-order valence-corrected chi connectivity index (χ2v) is 5.58. The zero-order valence-corrected chi connectivity index (χ0v) is 9.97. The van der Waals surface area contributed by atoms with Crippen LogP contribution in [0, 0.1) is 5.82 Å². The number of benzene rings is 1. The van der Waals surface area contributed by atoms with Crippen LogP contribution in [0.4, 0.5) is 4.39 Å². The van der Waals surface area contributed by atoms with Crippen molar-refractivity contribution in [2.45, 2.75) is 17.7 Å². The fourth-order valence-electron chi connectivity index (χ4n) is 1.30. The number of methoxy groups -OCH3 is 1. The van der Waals surface area contributed by atoms with Gasteiger partial charge in [0, 0.05) is 13.7 Å². The highest BCUT2D eigenvalue weighted by molar-refractivity contribution is 7.91. The molecule has 0 aliphatic carbocycles. The molecule has 0 bridgehead atoms. The largest absolute Gasteiger partial charge is 0.385 e. The lowest BCUT2D eigenvalue weighted by molar-refractivity contribution is 0.194. The lowest BCUT2D eigenvalue weighted by atomic mass is 10.3. The first-order chi connectivity index (χ1) is 7.56. The SMILES string of the molecule is COCCCCS(=O)(=O)c1ccc(F)cc1. The van der Waals surface area contributed by atoms with E-state index in [1.165, 1.54) is 12.1 Å². The molecule has 0 spiro atoms. The smallest absolute Gasteiger partial charge is 0.178 e. The lowest BCUT2D eigenvalue weighted by Gasteiger charge is -2.04. The van der Waals surface area contributed by atoms with Crippen molar-refractivity contribution in [3.63, 3.8) is 0 Å². The van der Waals surface area contributed by atoms with Crippen molar-refractivity contribution in [2.75, 3.05) is 19.5 Å². The number of hydrogen-bond donors (Lipinski definition) is 0. The van der Waals surface area contributed by atoms with Gasteiger partial charge in [0.2, 0.25) is 0 Å². The van der Waals surface area contributed by atoms with Gasteiger partial charge >= 0.3 is 0 Å². The molecular formula is C11H15FO3S. The molecule has 1 rings (SSSR count). The number of halogens is 1. The highest BCUT2D eigenvalue weighted by Crippen LogP contribution is 2.13. The van der Waals surface area contributed by atoms with Crippen LogP contribution in [0.15, 0.2) is 29.2 Å². The van der Waals surface area contributed by atoms with Crippen LogP contribution >= 0.6 is 0 Å². The van der Waals surface area contributed by atoms with Gasteiger partial charge in [0.25, 0.3) is 0 Å². The first kappa shape index (κ1) is 13.1. The van der Waals surface area contributed by atoms with Crippen molar-refractivity contribution >= 4 is 9.84 Å². The van der Waals surface area contributed by atoms with E-state index >= 15 is 0 Å². The van der Waals surface area contributed by atoms with Crippen LogP contribution in [0.3, 0.4) is 0 Å². The van der Waals surface area contributed by atoms with Gasteiger partial charge in [0.1, 0.15) is 5.82 Å². The fraction of sp³-hybridized carbons (Fsp3) is 0.455. The van der Waals surface area contributed by atoms with Crippen molar-refractivity contribution < 1.29 is 17.5 Å². The molecule has 0 saturated heterocycles. The third kappa shape index (κ3) is 3.90. The van der Waals surface area contributed by atoms with E-state index < -0.39 is 15.7 Å². The van der Waals surface area contributed by atoms with E-state index in [1.54, 1.807) is 7.11 Å². The molecule has 0 unspecified atom stereocenters. The predicted molar refractivity (Wildman–Crippen MR) is 59.6 cm³/mol. The van der Waals surface area contributed by atoms with Gasteiger partial charge in [-0.15, -0.1) is 0 Å². The fourth-order valence-corrected chi connectivity index (χ4v) is 2.67. The minimum atomic E-state index is -3.28. The van der Waals surface area contributed by atoms with Crippen LogP contribution in [-0.2, 0) is 14.6 Å². The summed E-state index contributed by atoms with van der Waals surface area (Å²) in [5.41, 5.74) is 0. The summed E-state index contributed by atoms with van der Waals surface area (Å²) in [6.45, 7) is 0.555. The van der Waals surface area contributed by atoms with Crippen molar-refractivity contribution in [2.24, 2.45) is 0 Å². The molecule has 0 aromatic heterocycles. The molecule has 0 amide bonds. The Bertz CT molecular complexity index is 411. The molecule has 0 radical (unpaired) electrons. The van der Waals surface area contributed by atoms with Crippen molar-refractivity contribution in [1.29, 1.82) is 0 Å². The molecule has 5 heteroatoms. The van der Waals surface area contributed by atoms with Crippen molar-refractivity contribution in [3.8, 4) is 0 Å². The molecule has 90 valence electrons. The standard InChI is InChI=1S/C11H15FO3S/c1-15-8-2-3-9-16(13,14)11-6-4-10(12)5-7-11/h4-7H,2-3,8-9H2,1H3. The van der Waals surface area contributed by atoms with E-state index in [2.05, 4.69) is 0 Å². The third-order valence-corrected chi connectivity index (χ3v) is 4.00. The van der Waals surface area contributed by atoms with Gasteiger partial charge in [-0.25, -0.2) is 12.8 Å². The maximum Gasteiger partial charge on any atom is 0.178 e. The summed E-state index contributed by atoms with van der Waals surface area (Å²) >= 11 is 0. The molecule has 16 heavy (non-hydrogen) atoms. The summed E-state index contributed by atoms with van der Waals surface area (Å²) in [4.78, 5) is 0.173. The van der Waals surface area contributed by atoms with Crippen LogP contribution in [0.5, 0.6) is 0 Å². The first-order valence-electron chi connectivity index (χ1n) is 5.03. The highest BCUT2D eigenvalue weighted by Gasteiger charge is 2.13. The molecule has 1 aromatic carbocycles. The first-order valence-corrected chi connectivity index (χ1v) is 6.69. The monoisotopic (exact) mass is 246 g/mol. The summed E-state index contributed by atoms with van der Waals surface area (Å²) in [5, 5.41) is 0. The predicted octanol–water partition coefficient (Wildman–Crippen LogP) is 2.03. The van der Waals surface area contributed by atoms with Crippen LogP contribution in [-0.4, -0.2) is 27.9 Å². The number of rotatable bonds is 6. The number of unbranched alkanes of at least 4 members (excludes halogenated alkanes) is 1. The Morgan fingerprint density at radius 2 is 1.81 bits per heavy atom. The van der Waals surface area contributed by atoms with Gasteiger partial charge < -0.3 is 4.74 Å². The zero-order valence-electron chi connectivity index (χ0n) is 9.15. The summed E-state index contributed by atoms with van der Waals surface area (Å²) < 4.78 is 40.9. The van der Waals surface area contributed by atoms with E-state index in [-0.39, 0.29) is 10.6 Å². The lowest BCUT2D eigenvalue weighted by Crippen LogP contribution is -2.07. The maximum atomic E-state index is 12.6. The van der Waals surface area contributed by atoms with E-state index in [0.717, 1.165) is 12.1 Å². The summed E-state index contributed by atoms with van der Waals surface area (Å²) in [6, 6.07) is 4.89. The Morgan fingerprint density at radius 1 is 1.19 bits per heavy atom. The van der Waals surface area contributed by atoms with Crippen LogP contribution in [0.25, 0.3) is 0 Å². The molecule has 0 aliphatic rings. The van der Waals surface area contributed by atoms with Gasteiger partial charge in [-0.3, -0.25) is 0 Å². The summed E-state index contributed by atoms with van der Waals surface area (Å²) in [5.74, 6) is -0.361. The Kier molecular flexibility index (Phi) is 4.89. The second-order valence-electron chi connectivity index (χ2n) is 3.47. The molecule has 0 aliphatic heterocycles. The van der Waals surface area contributed by atoms with Gasteiger partial charge in [-0.2, -0.15) is 0 Å².